The molecule has 0 atom stereocenters. The van der Waals surface area contributed by atoms with E-state index in [0.717, 1.165) is 22.4 Å². The maximum absolute atomic E-state index is 12.5. The van der Waals surface area contributed by atoms with Crippen LogP contribution < -0.4 is 5.32 Å². The molecule has 0 aromatic heterocycles. The van der Waals surface area contributed by atoms with Crippen LogP contribution in [0.1, 0.15) is 53.2 Å². The topological polar surface area (TPSA) is 75.7 Å². The number of hydrogen-bond acceptors (Lipinski definition) is 4. The Morgan fingerprint density at radius 2 is 1.80 bits per heavy atom. The molecule has 1 aliphatic heterocycles. The number of hydrogen-bond donors (Lipinski definition) is 1. The first-order valence-electron chi connectivity index (χ1n) is 9.94. The van der Waals surface area contributed by atoms with Gasteiger partial charge in [-0.15, -0.1) is 0 Å². The lowest BCUT2D eigenvalue weighted by Crippen LogP contribution is -2.27. The second kappa shape index (κ2) is 8.95. The number of nitrogens with zero attached hydrogens (tertiary/aromatic N) is 1. The van der Waals surface area contributed by atoms with Crippen LogP contribution in [0.2, 0.25) is 0 Å². The van der Waals surface area contributed by atoms with Gasteiger partial charge >= 0.3 is 5.97 Å². The van der Waals surface area contributed by atoms with Crippen LogP contribution in [0.3, 0.4) is 0 Å². The molecular weight excluding hydrogens is 380 g/mol. The summed E-state index contributed by atoms with van der Waals surface area (Å²) in [7, 11) is 0. The summed E-state index contributed by atoms with van der Waals surface area (Å²) in [6.07, 6.45) is -0.0202. The molecule has 1 heterocycles. The van der Waals surface area contributed by atoms with Crippen molar-refractivity contribution in [2.45, 2.75) is 33.1 Å². The maximum atomic E-state index is 12.5. The SMILES string of the molecule is C=C1c2ccccc2C(=O)N1CCC(=O)OCC(=O)Nc1c(C)cccc1C(C)C. The Morgan fingerprint density at radius 1 is 1.10 bits per heavy atom. The van der Waals surface area contributed by atoms with Crippen molar-refractivity contribution in [3.63, 3.8) is 0 Å². The molecule has 0 saturated carbocycles. The van der Waals surface area contributed by atoms with E-state index in [1.54, 1.807) is 12.1 Å². The summed E-state index contributed by atoms with van der Waals surface area (Å²) in [6, 6.07) is 13.0. The molecule has 156 valence electrons. The molecule has 6 nitrogen and oxygen atoms in total. The molecule has 1 N–H and O–H groups in total. The number of ether oxygens (including phenoxy) is 1. The molecule has 0 saturated heterocycles. The Morgan fingerprint density at radius 3 is 2.47 bits per heavy atom. The van der Waals surface area contributed by atoms with Crippen LogP contribution in [0.25, 0.3) is 5.70 Å². The standard InChI is InChI=1S/C24H26N2O4/c1-15(2)18-11-7-8-16(3)23(18)25-21(27)14-30-22(28)12-13-26-17(4)19-9-5-6-10-20(19)24(26)29/h5-11,15H,4,12-14H2,1-3H3,(H,25,27). The van der Waals surface area contributed by atoms with Gasteiger partial charge in [0.25, 0.3) is 11.8 Å². The van der Waals surface area contributed by atoms with E-state index in [-0.39, 0.29) is 31.4 Å². The van der Waals surface area contributed by atoms with Gasteiger partial charge in [0.05, 0.1) is 6.42 Å². The van der Waals surface area contributed by atoms with Gasteiger partial charge in [-0.2, -0.15) is 0 Å². The number of aryl methyl sites for hydroxylation is 1. The van der Waals surface area contributed by atoms with Gasteiger partial charge in [0.1, 0.15) is 0 Å². The first-order valence-corrected chi connectivity index (χ1v) is 9.94. The van der Waals surface area contributed by atoms with E-state index in [2.05, 4.69) is 25.7 Å². The molecule has 2 amide bonds. The zero-order chi connectivity index (χ0) is 21.8. The van der Waals surface area contributed by atoms with E-state index in [9.17, 15) is 14.4 Å². The fraction of sp³-hybridized carbons (Fsp3) is 0.292. The van der Waals surface area contributed by atoms with Crippen molar-refractivity contribution in [2.24, 2.45) is 0 Å². The summed E-state index contributed by atoms with van der Waals surface area (Å²) in [5.74, 6) is -0.871. The van der Waals surface area contributed by atoms with Crippen molar-refractivity contribution in [3.8, 4) is 0 Å². The third-order valence-electron chi connectivity index (χ3n) is 5.13. The average Bonchev–Trinajstić information content (AvgIpc) is 2.96. The minimum Gasteiger partial charge on any atom is -0.456 e. The number of benzene rings is 2. The van der Waals surface area contributed by atoms with E-state index in [0.29, 0.717) is 11.3 Å². The second-order valence-corrected chi connectivity index (χ2v) is 7.60. The highest BCUT2D eigenvalue weighted by atomic mass is 16.5. The highest BCUT2D eigenvalue weighted by molar-refractivity contribution is 6.08. The van der Waals surface area contributed by atoms with Crippen LogP contribution in [0.15, 0.2) is 49.0 Å². The maximum Gasteiger partial charge on any atom is 0.308 e. The van der Waals surface area contributed by atoms with Crippen LogP contribution in [0.5, 0.6) is 0 Å². The first-order chi connectivity index (χ1) is 14.3. The molecule has 30 heavy (non-hydrogen) atoms. The zero-order valence-corrected chi connectivity index (χ0v) is 17.5. The fourth-order valence-electron chi connectivity index (χ4n) is 3.51. The molecule has 0 spiro atoms. The summed E-state index contributed by atoms with van der Waals surface area (Å²) in [6.45, 7) is 9.75. The number of para-hydroxylation sites is 1. The van der Waals surface area contributed by atoms with Crippen LogP contribution in [-0.4, -0.2) is 35.8 Å². The van der Waals surface area contributed by atoms with Crippen molar-refractivity contribution in [2.75, 3.05) is 18.5 Å². The molecule has 0 unspecified atom stereocenters. The molecule has 0 fully saturated rings. The Bertz CT molecular complexity index is 975. The van der Waals surface area contributed by atoms with Crippen molar-refractivity contribution in [3.05, 3.63) is 71.3 Å². The second-order valence-electron chi connectivity index (χ2n) is 7.60. The smallest absolute Gasteiger partial charge is 0.308 e. The minimum absolute atomic E-state index is 0.0202. The van der Waals surface area contributed by atoms with Crippen LogP contribution in [-0.2, 0) is 14.3 Å². The van der Waals surface area contributed by atoms with Gasteiger partial charge in [0.2, 0.25) is 0 Å². The Labute approximate surface area is 176 Å². The Hall–Kier alpha value is -3.41. The van der Waals surface area contributed by atoms with Crippen molar-refractivity contribution < 1.29 is 19.1 Å². The molecule has 6 heteroatoms. The summed E-state index contributed by atoms with van der Waals surface area (Å²) in [5, 5.41) is 2.84. The summed E-state index contributed by atoms with van der Waals surface area (Å²) in [4.78, 5) is 38.3. The van der Waals surface area contributed by atoms with Gasteiger partial charge in [-0.05, 0) is 30.0 Å². The lowest BCUT2D eigenvalue weighted by Gasteiger charge is -2.17. The van der Waals surface area contributed by atoms with E-state index in [4.69, 9.17) is 4.74 Å². The highest BCUT2D eigenvalue weighted by Crippen LogP contribution is 2.31. The highest BCUT2D eigenvalue weighted by Gasteiger charge is 2.30. The molecule has 2 aromatic carbocycles. The predicted octanol–water partition coefficient (Wildman–Crippen LogP) is 4.12. The first kappa shape index (κ1) is 21.3. The third-order valence-corrected chi connectivity index (χ3v) is 5.13. The van der Waals surface area contributed by atoms with Crippen LogP contribution in [0.4, 0.5) is 5.69 Å². The van der Waals surface area contributed by atoms with Crippen LogP contribution >= 0.6 is 0 Å². The third kappa shape index (κ3) is 4.43. The fourth-order valence-corrected chi connectivity index (χ4v) is 3.51. The number of amides is 2. The van der Waals surface area contributed by atoms with Crippen LogP contribution in [0, 0.1) is 6.92 Å². The average molecular weight is 406 g/mol. The van der Waals surface area contributed by atoms with Crippen molar-refractivity contribution in [1.29, 1.82) is 0 Å². The number of fused-ring (bicyclic) bond motifs is 1. The van der Waals surface area contributed by atoms with Gasteiger partial charge in [-0.3, -0.25) is 14.4 Å². The largest absolute Gasteiger partial charge is 0.456 e. The monoisotopic (exact) mass is 406 g/mol. The van der Waals surface area contributed by atoms with E-state index in [1.807, 2.05) is 37.3 Å². The molecular formula is C24H26N2O4. The number of esters is 1. The van der Waals surface area contributed by atoms with Crippen molar-refractivity contribution in [1.82, 2.24) is 4.90 Å². The molecule has 2 aromatic rings. The van der Waals surface area contributed by atoms with Gasteiger partial charge in [0.15, 0.2) is 6.61 Å². The lowest BCUT2D eigenvalue weighted by molar-refractivity contribution is -0.147. The van der Waals surface area contributed by atoms with Gasteiger partial charge in [0, 0.05) is 29.1 Å². The zero-order valence-electron chi connectivity index (χ0n) is 17.5. The normalized spacial score (nSPS) is 12.9. The quantitative estimate of drug-likeness (QED) is 0.702. The van der Waals surface area contributed by atoms with E-state index >= 15 is 0 Å². The van der Waals surface area contributed by atoms with Crippen molar-refractivity contribution >= 4 is 29.2 Å². The molecule has 0 aliphatic carbocycles. The summed E-state index contributed by atoms with van der Waals surface area (Å²) >= 11 is 0. The van der Waals surface area contributed by atoms with E-state index in [1.165, 1.54) is 4.90 Å². The Balaban J connectivity index is 1.51. The molecule has 0 bridgehead atoms. The number of anilines is 1. The molecule has 1 aliphatic rings. The summed E-state index contributed by atoms with van der Waals surface area (Å²) < 4.78 is 5.11. The molecule has 0 radical (unpaired) electrons. The Kier molecular flexibility index (Phi) is 6.35. The number of carbonyl (C=O) groups is 3. The van der Waals surface area contributed by atoms with E-state index < -0.39 is 11.9 Å². The minimum atomic E-state index is -0.546. The van der Waals surface area contributed by atoms with Gasteiger partial charge < -0.3 is 15.0 Å². The number of rotatable bonds is 7. The summed E-state index contributed by atoms with van der Waals surface area (Å²) in [5.41, 5.74) is 4.66. The predicted molar refractivity (Wildman–Crippen MR) is 116 cm³/mol. The lowest BCUT2D eigenvalue weighted by atomic mass is 9.98. The molecule has 3 rings (SSSR count). The number of nitrogens with one attached hydrogen (secondary N) is 1. The van der Waals surface area contributed by atoms with Gasteiger partial charge in [-0.25, -0.2) is 0 Å². The van der Waals surface area contributed by atoms with Gasteiger partial charge in [-0.1, -0.05) is 56.8 Å². The number of carbonyl (C=O) groups excluding carboxylic acids is 3.